The first-order chi connectivity index (χ1) is 14.1. The van der Waals surface area contributed by atoms with Gasteiger partial charge in [-0.3, -0.25) is 14.6 Å². The van der Waals surface area contributed by atoms with Crippen molar-refractivity contribution in [3.05, 3.63) is 12.2 Å². The maximum atomic E-state index is 12.1. The molecule has 0 radical (unpaired) electrons. The standard InChI is InChI=1S/C25H35NO4/c1-14(27)10-20-23(4)7-5-8-24(13-26-20)18(23)12-21(30-16(3)28)25-9-6-17(11-19(24)25)15(2)22(25)29/h13,17-22,29H,2,5-12H2,1,3-4H3/t17-,18+,19-,20-,21+,22-,23+,24+,25+/m0/s1. The lowest BCUT2D eigenvalue weighted by molar-refractivity contribution is -0.247. The second-order valence-electron chi connectivity index (χ2n) is 11.2. The minimum absolute atomic E-state index is 0.00104. The minimum atomic E-state index is -0.619. The molecule has 0 aromatic heterocycles. The summed E-state index contributed by atoms with van der Waals surface area (Å²) in [6, 6.07) is 0.00104. The molecule has 1 N–H and O–H groups in total. The molecular weight excluding hydrogens is 378 g/mol. The topological polar surface area (TPSA) is 76.0 Å². The summed E-state index contributed by atoms with van der Waals surface area (Å²) in [4.78, 5) is 29.2. The average molecular weight is 414 g/mol. The highest BCUT2D eigenvalue weighted by Crippen LogP contribution is 2.73. The quantitative estimate of drug-likeness (QED) is 0.563. The van der Waals surface area contributed by atoms with Gasteiger partial charge in [0.1, 0.15) is 11.9 Å². The maximum Gasteiger partial charge on any atom is 0.302 e. The highest BCUT2D eigenvalue weighted by atomic mass is 16.5. The monoisotopic (exact) mass is 413 g/mol. The molecular formula is C25H35NO4. The lowest BCUT2D eigenvalue weighted by atomic mass is 9.34. The molecule has 1 heterocycles. The summed E-state index contributed by atoms with van der Waals surface area (Å²) in [5.41, 5.74) is 0.339. The van der Waals surface area contributed by atoms with Crippen LogP contribution in [0, 0.1) is 34.0 Å². The fourth-order valence-electron chi connectivity index (χ4n) is 8.77. The van der Waals surface area contributed by atoms with E-state index in [1.54, 1.807) is 6.92 Å². The molecule has 5 nitrogen and oxygen atoms in total. The highest BCUT2D eigenvalue weighted by molar-refractivity contribution is 5.78. The van der Waals surface area contributed by atoms with Crippen LogP contribution in [0.3, 0.4) is 0 Å². The van der Waals surface area contributed by atoms with Crippen molar-refractivity contribution in [2.24, 2.45) is 39.0 Å². The first-order valence-electron chi connectivity index (χ1n) is 11.7. The molecule has 6 rings (SSSR count). The molecule has 5 fully saturated rings. The number of ketones is 1. The van der Waals surface area contributed by atoms with E-state index in [-0.39, 0.29) is 40.6 Å². The molecule has 0 aromatic rings. The number of ether oxygens (including phenoxy) is 1. The fraction of sp³-hybridized carbons (Fsp3) is 0.800. The second-order valence-corrected chi connectivity index (χ2v) is 11.2. The Balaban J connectivity index is 1.66. The normalized spacial score (nSPS) is 51.1. The number of carbonyl (C=O) groups excluding carboxylic acids is 2. The van der Waals surface area contributed by atoms with Crippen LogP contribution in [-0.2, 0) is 14.3 Å². The summed E-state index contributed by atoms with van der Waals surface area (Å²) in [6.45, 7) is 9.71. The Labute approximate surface area is 179 Å². The van der Waals surface area contributed by atoms with Crippen LogP contribution in [0.5, 0.6) is 0 Å². The zero-order valence-corrected chi connectivity index (χ0v) is 18.5. The van der Waals surface area contributed by atoms with Gasteiger partial charge in [0.25, 0.3) is 0 Å². The molecule has 6 aliphatic rings. The Morgan fingerprint density at radius 1 is 1.23 bits per heavy atom. The summed E-state index contributed by atoms with van der Waals surface area (Å²) in [6.07, 6.45) is 8.69. The van der Waals surface area contributed by atoms with E-state index in [4.69, 9.17) is 9.73 Å². The van der Waals surface area contributed by atoms with E-state index in [0.29, 0.717) is 18.3 Å². The number of aliphatic hydroxyl groups is 1. The zero-order valence-electron chi connectivity index (χ0n) is 18.5. The van der Waals surface area contributed by atoms with Crippen LogP contribution in [0.15, 0.2) is 17.1 Å². The fourth-order valence-corrected chi connectivity index (χ4v) is 8.77. The number of rotatable bonds is 3. The number of hydrogen-bond acceptors (Lipinski definition) is 5. The van der Waals surface area contributed by atoms with Crippen LogP contribution in [0.25, 0.3) is 0 Å². The minimum Gasteiger partial charge on any atom is -0.462 e. The summed E-state index contributed by atoms with van der Waals surface area (Å²) in [7, 11) is 0. The van der Waals surface area contributed by atoms with Crippen LogP contribution in [0.4, 0.5) is 0 Å². The van der Waals surface area contributed by atoms with Gasteiger partial charge in [-0.1, -0.05) is 19.9 Å². The van der Waals surface area contributed by atoms with Gasteiger partial charge >= 0.3 is 5.97 Å². The molecule has 0 unspecified atom stereocenters. The van der Waals surface area contributed by atoms with Crippen molar-refractivity contribution < 1.29 is 19.4 Å². The predicted molar refractivity (Wildman–Crippen MR) is 114 cm³/mol. The van der Waals surface area contributed by atoms with Gasteiger partial charge in [-0.2, -0.15) is 0 Å². The van der Waals surface area contributed by atoms with Crippen molar-refractivity contribution in [1.82, 2.24) is 0 Å². The zero-order chi connectivity index (χ0) is 21.5. The molecule has 164 valence electrons. The van der Waals surface area contributed by atoms with Gasteiger partial charge < -0.3 is 9.84 Å². The number of carbonyl (C=O) groups is 2. The van der Waals surface area contributed by atoms with E-state index in [2.05, 4.69) is 19.7 Å². The first-order valence-corrected chi connectivity index (χ1v) is 11.7. The molecule has 5 aliphatic carbocycles. The van der Waals surface area contributed by atoms with Crippen LogP contribution in [0.2, 0.25) is 0 Å². The molecule has 4 bridgehead atoms. The number of nitrogens with zero attached hydrogens (tertiary/aromatic N) is 1. The van der Waals surface area contributed by atoms with E-state index >= 15 is 0 Å². The third-order valence-electron chi connectivity index (χ3n) is 9.99. The molecule has 30 heavy (non-hydrogen) atoms. The van der Waals surface area contributed by atoms with Crippen molar-refractivity contribution in [3.63, 3.8) is 0 Å². The smallest absolute Gasteiger partial charge is 0.302 e. The summed E-state index contributed by atoms with van der Waals surface area (Å²) in [5.74, 6) is 0.822. The molecule has 5 heteroatoms. The lowest BCUT2D eigenvalue weighted by Crippen LogP contribution is -2.72. The SMILES string of the molecule is C=C1[C@H]2CC[C@@]3([C@H](OC(C)=O)C[C@@H]4[C@@]5(C)CCC[C@]4(C=N[C@H]5CC(C)=O)[C@@H]3C2)[C@H]1O. The molecule has 0 aromatic carbocycles. The van der Waals surface area contributed by atoms with Crippen LogP contribution in [0.1, 0.15) is 72.1 Å². The Bertz CT molecular complexity index is 835. The van der Waals surface area contributed by atoms with Crippen LogP contribution < -0.4 is 0 Å². The van der Waals surface area contributed by atoms with E-state index < -0.39 is 11.5 Å². The molecule has 5 saturated carbocycles. The third kappa shape index (κ3) is 2.42. The molecule has 9 atom stereocenters. The van der Waals surface area contributed by atoms with Gasteiger partial charge in [0.2, 0.25) is 0 Å². The van der Waals surface area contributed by atoms with Crippen molar-refractivity contribution in [3.8, 4) is 0 Å². The van der Waals surface area contributed by atoms with Gasteiger partial charge in [-0.05, 0) is 74.2 Å². The van der Waals surface area contributed by atoms with Gasteiger partial charge in [-0.15, -0.1) is 0 Å². The van der Waals surface area contributed by atoms with Gasteiger partial charge in [0.05, 0.1) is 12.1 Å². The van der Waals surface area contributed by atoms with E-state index in [9.17, 15) is 14.7 Å². The maximum absolute atomic E-state index is 12.1. The number of Topliss-reactive ketones (excluding diaryl/α,β-unsaturated/α-hetero) is 1. The number of esters is 1. The van der Waals surface area contributed by atoms with Crippen molar-refractivity contribution >= 4 is 18.0 Å². The number of fused-ring (bicyclic) bond motifs is 2. The van der Waals surface area contributed by atoms with E-state index in [1.165, 1.54) is 6.92 Å². The summed E-state index contributed by atoms with van der Waals surface area (Å²) < 4.78 is 6.02. The Morgan fingerprint density at radius 2 is 2.00 bits per heavy atom. The molecule has 1 aliphatic heterocycles. The number of aliphatic imine (C=N–C) groups is 1. The number of aliphatic hydroxyl groups excluding tert-OH is 1. The molecule has 0 amide bonds. The predicted octanol–water partition coefficient (Wildman–Crippen LogP) is 3.88. The van der Waals surface area contributed by atoms with Crippen LogP contribution in [-0.4, -0.2) is 41.3 Å². The van der Waals surface area contributed by atoms with E-state index in [0.717, 1.165) is 50.5 Å². The van der Waals surface area contributed by atoms with Gasteiger partial charge in [0.15, 0.2) is 0 Å². The number of hydrogen-bond donors (Lipinski definition) is 1. The van der Waals surface area contributed by atoms with Crippen molar-refractivity contribution in [2.45, 2.75) is 90.4 Å². The molecule has 1 spiro atoms. The van der Waals surface area contributed by atoms with Crippen LogP contribution >= 0.6 is 0 Å². The second kappa shape index (κ2) is 6.51. The Hall–Kier alpha value is -1.49. The third-order valence-corrected chi connectivity index (χ3v) is 9.99. The Morgan fingerprint density at radius 3 is 2.70 bits per heavy atom. The van der Waals surface area contributed by atoms with Gasteiger partial charge in [0, 0.05) is 30.4 Å². The van der Waals surface area contributed by atoms with Gasteiger partial charge in [-0.25, -0.2) is 0 Å². The summed E-state index contributed by atoms with van der Waals surface area (Å²) >= 11 is 0. The van der Waals surface area contributed by atoms with E-state index in [1.807, 2.05) is 0 Å². The molecule has 0 saturated heterocycles. The highest BCUT2D eigenvalue weighted by Gasteiger charge is 2.73. The summed E-state index contributed by atoms with van der Waals surface area (Å²) in [5, 5.41) is 11.5. The first kappa shape index (κ1) is 20.4. The van der Waals surface area contributed by atoms with Crippen molar-refractivity contribution in [1.29, 1.82) is 0 Å². The average Bonchev–Trinajstić information content (AvgIpc) is 2.68. The van der Waals surface area contributed by atoms with Crippen molar-refractivity contribution in [2.75, 3.05) is 0 Å². The lowest BCUT2D eigenvalue weighted by Gasteiger charge is -2.72. The Kier molecular flexibility index (Phi) is 4.43. The largest absolute Gasteiger partial charge is 0.462 e.